The normalized spacial score (nSPS) is 16.7. The summed E-state index contributed by atoms with van der Waals surface area (Å²) >= 11 is 0. The molecular weight excluding hydrogens is 436 g/mol. The second-order valence-electron chi connectivity index (χ2n) is 8.85. The predicted octanol–water partition coefficient (Wildman–Crippen LogP) is 5.61. The average Bonchev–Trinajstić information content (AvgIpc) is 2.87. The van der Waals surface area contributed by atoms with Gasteiger partial charge in [0.1, 0.15) is 5.84 Å². The van der Waals surface area contributed by atoms with Crippen LogP contribution in [0.3, 0.4) is 0 Å². The molecule has 174 valence electrons. The number of hydrogen-bond acceptors (Lipinski definition) is 4. The molecule has 1 aliphatic rings. The van der Waals surface area contributed by atoms with Gasteiger partial charge in [-0.15, -0.1) is 0 Å². The highest BCUT2D eigenvalue weighted by Crippen LogP contribution is 2.45. The van der Waals surface area contributed by atoms with E-state index < -0.39 is 5.97 Å². The SMILES string of the molecule is N=C(N)c1ccc2c(c1)[C@@H](c1ccccc1)C[C@@H](c1cc(N)cc(-c3ccccc3C(=O)O)c1)N2. The zero-order chi connectivity index (χ0) is 24.5. The minimum absolute atomic E-state index is 0.0410. The Bertz CT molecular complexity index is 1430. The summed E-state index contributed by atoms with van der Waals surface area (Å²) in [5.74, 6) is -0.841. The van der Waals surface area contributed by atoms with Gasteiger partial charge in [-0.2, -0.15) is 0 Å². The molecule has 1 heterocycles. The Hall–Kier alpha value is -4.58. The third kappa shape index (κ3) is 4.34. The third-order valence-electron chi connectivity index (χ3n) is 6.59. The molecule has 1 aliphatic heterocycles. The lowest BCUT2D eigenvalue weighted by molar-refractivity contribution is 0.0697. The summed E-state index contributed by atoms with van der Waals surface area (Å²) in [6.07, 6.45) is 0.766. The highest BCUT2D eigenvalue weighted by Gasteiger charge is 2.29. The van der Waals surface area contributed by atoms with Crippen molar-refractivity contribution in [3.63, 3.8) is 0 Å². The zero-order valence-electron chi connectivity index (χ0n) is 19.0. The molecule has 0 aliphatic carbocycles. The third-order valence-corrected chi connectivity index (χ3v) is 6.59. The summed E-state index contributed by atoms with van der Waals surface area (Å²) < 4.78 is 0. The van der Waals surface area contributed by atoms with Crippen molar-refractivity contribution in [2.45, 2.75) is 18.4 Å². The second kappa shape index (κ2) is 8.99. The van der Waals surface area contributed by atoms with Crippen LogP contribution in [0, 0.1) is 5.41 Å². The lowest BCUT2D eigenvalue weighted by atomic mass is 9.79. The largest absolute Gasteiger partial charge is 0.478 e. The number of hydrogen-bond donors (Lipinski definition) is 5. The van der Waals surface area contributed by atoms with E-state index in [1.807, 2.05) is 66.7 Å². The summed E-state index contributed by atoms with van der Waals surface area (Å²) in [5.41, 5.74) is 19.3. The number of anilines is 2. The molecule has 0 radical (unpaired) electrons. The number of fused-ring (bicyclic) bond motifs is 1. The van der Waals surface area contributed by atoms with Crippen molar-refractivity contribution in [3.05, 3.63) is 119 Å². The summed E-state index contributed by atoms with van der Waals surface area (Å²) in [5, 5.41) is 21.2. The fourth-order valence-electron chi connectivity index (χ4n) is 4.93. The monoisotopic (exact) mass is 462 g/mol. The Labute approximate surface area is 203 Å². The first kappa shape index (κ1) is 22.2. The van der Waals surface area contributed by atoms with Gasteiger partial charge in [-0.3, -0.25) is 5.41 Å². The number of nitrogens with one attached hydrogen (secondary N) is 2. The first-order valence-corrected chi connectivity index (χ1v) is 11.4. The minimum Gasteiger partial charge on any atom is -0.478 e. The van der Waals surface area contributed by atoms with Gasteiger partial charge in [0, 0.05) is 22.9 Å². The average molecular weight is 463 g/mol. The van der Waals surface area contributed by atoms with E-state index in [0.29, 0.717) is 16.8 Å². The van der Waals surface area contributed by atoms with E-state index in [1.165, 1.54) is 5.56 Å². The van der Waals surface area contributed by atoms with Gasteiger partial charge in [0.05, 0.1) is 11.6 Å². The molecule has 7 N–H and O–H groups in total. The van der Waals surface area contributed by atoms with Crippen molar-refractivity contribution >= 4 is 23.2 Å². The molecule has 6 heteroatoms. The van der Waals surface area contributed by atoms with Crippen LogP contribution >= 0.6 is 0 Å². The Morgan fingerprint density at radius 2 is 1.66 bits per heavy atom. The summed E-state index contributed by atoms with van der Waals surface area (Å²) in [6, 6.07) is 28.8. The van der Waals surface area contributed by atoms with Gasteiger partial charge in [-0.1, -0.05) is 48.5 Å². The molecule has 4 aromatic carbocycles. The number of benzene rings is 4. The maximum Gasteiger partial charge on any atom is 0.336 e. The molecule has 4 aromatic rings. The first-order valence-electron chi connectivity index (χ1n) is 11.4. The topological polar surface area (TPSA) is 125 Å². The summed E-state index contributed by atoms with van der Waals surface area (Å²) in [4.78, 5) is 11.8. The Kier molecular flexibility index (Phi) is 5.71. The maximum absolute atomic E-state index is 11.8. The van der Waals surface area contributed by atoms with Gasteiger partial charge >= 0.3 is 5.97 Å². The second-order valence-corrected chi connectivity index (χ2v) is 8.85. The standard InChI is InChI=1S/C29H26N4O2/c30-21-13-19(22-8-4-5-9-23(22)29(34)35)12-20(14-21)27-16-24(17-6-2-1-3-7-17)25-15-18(28(31)32)10-11-26(25)33-27/h1-15,24,27,33H,16,30H2,(H3,31,32)(H,34,35)/t24-,27+/m1/s1. The van der Waals surface area contributed by atoms with E-state index in [-0.39, 0.29) is 23.4 Å². The van der Waals surface area contributed by atoms with E-state index in [9.17, 15) is 9.90 Å². The molecule has 0 fully saturated rings. The van der Waals surface area contributed by atoms with Crippen molar-refractivity contribution in [3.8, 4) is 11.1 Å². The number of amidine groups is 1. The molecule has 0 spiro atoms. The van der Waals surface area contributed by atoms with Gasteiger partial charge in [0.25, 0.3) is 0 Å². The van der Waals surface area contributed by atoms with Gasteiger partial charge in [0.15, 0.2) is 0 Å². The Morgan fingerprint density at radius 3 is 2.40 bits per heavy atom. The lowest BCUT2D eigenvalue weighted by Crippen LogP contribution is -2.23. The highest BCUT2D eigenvalue weighted by atomic mass is 16.4. The van der Waals surface area contributed by atoms with Crippen molar-refractivity contribution in [1.82, 2.24) is 0 Å². The number of nitrogens with two attached hydrogens (primary N) is 2. The van der Waals surface area contributed by atoms with E-state index >= 15 is 0 Å². The van der Waals surface area contributed by atoms with Crippen molar-refractivity contribution in [2.75, 3.05) is 11.1 Å². The number of aromatic carboxylic acids is 1. The smallest absolute Gasteiger partial charge is 0.336 e. The number of nitrogen functional groups attached to an aromatic ring is 2. The number of rotatable bonds is 5. The zero-order valence-corrected chi connectivity index (χ0v) is 19.0. The van der Waals surface area contributed by atoms with Crippen molar-refractivity contribution < 1.29 is 9.90 Å². The van der Waals surface area contributed by atoms with Crippen LogP contribution < -0.4 is 16.8 Å². The van der Waals surface area contributed by atoms with Crippen LogP contribution in [-0.2, 0) is 0 Å². The molecule has 35 heavy (non-hydrogen) atoms. The number of carbonyl (C=O) groups is 1. The van der Waals surface area contributed by atoms with Crippen LogP contribution in [0.25, 0.3) is 11.1 Å². The fraction of sp³-hybridized carbons (Fsp3) is 0.103. The van der Waals surface area contributed by atoms with Gasteiger partial charge in [0.2, 0.25) is 0 Å². The Balaban J connectivity index is 1.60. The molecule has 0 saturated heterocycles. The quantitative estimate of drug-likeness (QED) is 0.150. The van der Waals surface area contributed by atoms with Gasteiger partial charge in [-0.25, -0.2) is 4.79 Å². The molecule has 5 rings (SSSR count). The molecule has 0 aromatic heterocycles. The summed E-state index contributed by atoms with van der Waals surface area (Å²) in [7, 11) is 0. The highest BCUT2D eigenvalue weighted by molar-refractivity contribution is 5.97. The lowest BCUT2D eigenvalue weighted by Gasteiger charge is -2.34. The van der Waals surface area contributed by atoms with Crippen LogP contribution in [0.1, 0.15) is 51.0 Å². The number of carboxylic acids is 1. The van der Waals surface area contributed by atoms with Crippen LogP contribution in [0.4, 0.5) is 11.4 Å². The molecule has 0 unspecified atom stereocenters. The van der Waals surface area contributed by atoms with Crippen LogP contribution in [0.15, 0.2) is 91.0 Å². The maximum atomic E-state index is 11.8. The van der Waals surface area contributed by atoms with Gasteiger partial charge < -0.3 is 21.9 Å². The van der Waals surface area contributed by atoms with E-state index in [4.69, 9.17) is 16.9 Å². The summed E-state index contributed by atoms with van der Waals surface area (Å²) in [6.45, 7) is 0. The van der Waals surface area contributed by atoms with E-state index in [1.54, 1.807) is 12.1 Å². The molecule has 0 saturated carbocycles. The fourth-order valence-corrected chi connectivity index (χ4v) is 4.93. The molecule has 2 atom stereocenters. The minimum atomic E-state index is -0.972. The predicted molar refractivity (Wildman–Crippen MR) is 140 cm³/mol. The molecule has 6 nitrogen and oxygen atoms in total. The van der Waals surface area contributed by atoms with Crippen LogP contribution in [0.2, 0.25) is 0 Å². The molecular formula is C29H26N4O2. The van der Waals surface area contributed by atoms with E-state index in [0.717, 1.165) is 28.8 Å². The van der Waals surface area contributed by atoms with Crippen LogP contribution in [-0.4, -0.2) is 16.9 Å². The van der Waals surface area contributed by atoms with Crippen molar-refractivity contribution in [2.24, 2.45) is 5.73 Å². The van der Waals surface area contributed by atoms with Gasteiger partial charge in [-0.05, 0) is 76.7 Å². The first-order chi connectivity index (χ1) is 16.9. The molecule has 0 amide bonds. The Morgan fingerprint density at radius 1 is 0.914 bits per heavy atom. The van der Waals surface area contributed by atoms with Crippen molar-refractivity contribution in [1.29, 1.82) is 5.41 Å². The van der Waals surface area contributed by atoms with E-state index in [2.05, 4.69) is 17.4 Å². The number of carboxylic acid groups (broad SMARTS) is 1. The molecule has 0 bridgehead atoms. The van der Waals surface area contributed by atoms with Crippen LogP contribution in [0.5, 0.6) is 0 Å².